The number of anilines is 1. The van der Waals surface area contributed by atoms with Crippen LogP contribution in [-0.4, -0.2) is 22.7 Å². The fourth-order valence-electron chi connectivity index (χ4n) is 3.47. The van der Waals surface area contributed by atoms with Crippen LogP contribution in [0.4, 0.5) is 5.82 Å². The van der Waals surface area contributed by atoms with Gasteiger partial charge in [0.25, 0.3) is 0 Å². The zero-order chi connectivity index (χ0) is 17.6. The van der Waals surface area contributed by atoms with Crippen LogP contribution in [0.15, 0.2) is 42.6 Å². The molecule has 1 fully saturated rings. The summed E-state index contributed by atoms with van der Waals surface area (Å²) in [6, 6.07) is 13.7. The zero-order valence-electron chi connectivity index (χ0n) is 14.1. The van der Waals surface area contributed by atoms with Crippen LogP contribution in [0.3, 0.4) is 0 Å². The molecule has 1 aromatic heterocycles. The maximum Gasteiger partial charge on any atom is 0.147 e. The van der Waals surface area contributed by atoms with Crippen LogP contribution in [0.2, 0.25) is 5.02 Å². The minimum Gasteiger partial charge on any atom is -0.388 e. The van der Waals surface area contributed by atoms with E-state index in [1.807, 2.05) is 30.3 Å². The first-order chi connectivity index (χ1) is 12.2. The number of hydrogen-bond donors (Lipinski definition) is 1. The van der Waals surface area contributed by atoms with E-state index in [9.17, 15) is 5.11 Å². The molecule has 2 atom stereocenters. The summed E-state index contributed by atoms with van der Waals surface area (Å²) in [6.45, 7) is 0.866. The molecule has 4 nitrogen and oxygen atoms in total. The van der Waals surface area contributed by atoms with Crippen molar-refractivity contribution in [3.8, 4) is 6.07 Å². The summed E-state index contributed by atoms with van der Waals surface area (Å²) in [7, 11) is 0. The number of rotatable bonds is 4. The van der Waals surface area contributed by atoms with Crippen LogP contribution in [0.25, 0.3) is 0 Å². The van der Waals surface area contributed by atoms with Crippen molar-refractivity contribution in [1.82, 2.24) is 4.98 Å². The van der Waals surface area contributed by atoms with Gasteiger partial charge in [-0.1, -0.05) is 54.8 Å². The standard InChI is InChI=1S/C20H22ClN3O/c21-18-11-15(13-22)14-23-20(18)24-10-6-2-5-9-17(24)12-19(25)16-7-3-1-4-8-16/h1,3-4,7-8,11,14,17,19,25H,2,5-6,9-10,12H2/t17-,19-/m0/s1. The van der Waals surface area contributed by atoms with E-state index in [1.165, 1.54) is 6.42 Å². The van der Waals surface area contributed by atoms with Crippen molar-refractivity contribution in [2.75, 3.05) is 11.4 Å². The minimum absolute atomic E-state index is 0.177. The van der Waals surface area contributed by atoms with Crippen LogP contribution < -0.4 is 4.90 Å². The SMILES string of the molecule is N#Cc1cnc(N2CCCCC[C@H]2C[C@H](O)c2ccccc2)c(Cl)c1. The van der Waals surface area contributed by atoms with E-state index in [1.54, 1.807) is 12.3 Å². The van der Waals surface area contributed by atoms with Gasteiger partial charge in [-0.05, 0) is 30.9 Å². The van der Waals surface area contributed by atoms with E-state index < -0.39 is 6.10 Å². The smallest absolute Gasteiger partial charge is 0.147 e. The van der Waals surface area contributed by atoms with E-state index in [0.717, 1.165) is 31.4 Å². The summed E-state index contributed by atoms with van der Waals surface area (Å²) in [6.07, 6.45) is 6.08. The Morgan fingerprint density at radius 3 is 2.80 bits per heavy atom. The molecule has 25 heavy (non-hydrogen) atoms. The van der Waals surface area contributed by atoms with Gasteiger partial charge in [-0.3, -0.25) is 0 Å². The highest BCUT2D eigenvalue weighted by Crippen LogP contribution is 2.33. The Morgan fingerprint density at radius 1 is 1.28 bits per heavy atom. The van der Waals surface area contributed by atoms with Crippen molar-refractivity contribution in [1.29, 1.82) is 5.26 Å². The molecule has 3 rings (SSSR count). The van der Waals surface area contributed by atoms with Crippen molar-refractivity contribution in [2.45, 2.75) is 44.2 Å². The second-order valence-corrected chi connectivity index (χ2v) is 6.91. The van der Waals surface area contributed by atoms with Crippen LogP contribution >= 0.6 is 11.6 Å². The van der Waals surface area contributed by atoms with E-state index in [2.05, 4.69) is 16.0 Å². The molecule has 1 aromatic carbocycles. The molecule has 0 unspecified atom stereocenters. The summed E-state index contributed by atoms with van der Waals surface area (Å²) < 4.78 is 0. The summed E-state index contributed by atoms with van der Waals surface area (Å²) in [5, 5.41) is 20.2. The lowest BCUT2D eigenvalue weighted by molar-refractivity contribution is 0.155. The van der Waals surface area contributed by atoms with E-state index in [4.69, 9.17) is 16.9 Å². The fourth-order valence-corrected chi connectivity index (χ4v) is 3.75. The first-order valence-electron chi connectivity index (χ1n) is 8.74. The number of aliphatic hydroxyl groups is 1. The van der Waals surface area contributed by atoms with E-state index >= 15 is 0 Å². The predicted octanol–water partition coefficient (Wildman–Crippen LogP) is 4.48. The quantitative estimate of drug-likeness (QED) is 0.878. The molecule has 2 heterocycles. The minimum atomic E-state index is -0.510. The van der Waals surface area contributed by atoms with Crippen molar-refractivity contribution < 1.29 is 5.11 Å². The molecule has 1 aliphatic heterocycles. The lowest BCUT2D eigenvalue weighted by Crippen LogP contribution is -2.37. The second kappa shape index (κ2) is 8.33. The molecule has 0 spiro atoms. The van der Waals surface area contributed by atoms with Crippen molar-refractivity contribution in [3.05, 3.63) is 58.7 Å². The highest BCUT2D eigenvalue weighted by atomic mass is 35.5. The highest BCUT2D eigenvalue weighted by molar-refractivity contribution is 6.33. The molecule has 0 aliphatic carbocycles. The monoisotopic (exact) mass is 355 g/mol. The number of aliphatic hydroxyl groups excluding tert-OH is 1. The Labute approximate surface area is 153 Å². The Bertz CT molecular complexity index is 744. The molecule has 0 bridgehead atoms. The van der Waals surface area contributed by atoms with Crippen LogP contribution in [0, 0.1) is 11.3 Å². The molecule has 0 amide bonds. The van der Waals surface area contributed by atoms with Gasteiger partial charge in [0.15, 0.2) is 0 Å². The average Bonchev–Trinajstić information content (AvgIpc) is 2.87. The Morgan fingerprint density at radius 2 is 2.08 bits per heavy atom. The lowest BCUT2D eigenvalue weighted by atomic mass is 9.98. The van der Waals surface area contributed by atoms with Crippen LogP contribution in [0.1, 0.15) is 49.3 Å². The molecule has 1 aliphatic rings. The summed E-state index contributed by atoms with van der Waals surface area (Å²) in [4.78, 5) is 6.65. The molecule has 2 aromatic rings. The second-order valence-electron chi connectivity index (χ2n) is 6.50. The summed E-state index contributed by atoms with van der Waals surface area (Å²) in [5.41, 5.74) is 1.40. The number of hydrogen-bond acceptors (Lipinski definition) is 4. The summed E-state index contributed by atoms with van der Waals surface area (Å²) in [5.74, 6) is 0.716. The topological polar surface area (TPSA) is 60.2 Å². The molecule has 1 saturated heterocycles. The van der Waals surface area contributed by atoms with Gasteiger partial charge in [0, 0.05) is 18.8 Å². The molecular weight excluding hydrogens is 334 g/mol. The third kappa shape index (κ3) is 4.31. The Balaban J connectivity index is 1.83. The fraction of sp³-hybridized carbons (Fsp3) is 0.400. The lowest BCUT2D eigenvalue weighted by Gasteiger charge is -2.33. The molecular formula is C20H22ClN3O. The number of pyridine rings is 1. The van der Waals surface area contributed by atoms with E-state index in [-0.39, 0.29) is 6.04 Å². The predicted molar refractivity (Wildman–Crippen MR) is 99.6 cm³/mol. The third-order valence-corrected chi connectivity index (χ3v) is 5.06. The normalized spacial score (nSPS) is 19.1. The first-order valence-corrected chi connectivity index (χ1v) is 9.12. The molecule has 130 valence electrons. The average molecular weight is 356 g/mol. The maximum atomic E-state index is 10.7. The van der Waals surface area contributed by atoms with Gasteiger partial charge in [0.1, 0.15) is 11.9 Å². The summed E-state index contributed by atoms with van der Waals surface area (Å²) >= 11 is 6.40. The molecule has 1 N–H and O–H groups in total. The number of nitrogens with zero attached hydrogens (tertiary/aromatic N) is 3. The number of benzene rings is 1. The number of aromatic nitrogens is 1. The highest BCUT2D eigenvalue weighted by Gasteiger charge is 2.26. The number of nitriles is 1. The van der Waals surface area contributed by atoms with Crippen LogP contribution in [0.5, 0.6) is 0 Å². The first kappa shape index (κ1) is 17.7. The molecule has 0 radical (unpaired) electrons. The van der Waals surface area contributed by atoms with Gasteiger partial charge in [-0.15, -0.1) is 0 Å². The van der Waals surface area contributed by atoms with Gasteiger partial charge >= 0.3 is 0 Å². The van der Waals surface area contributed by atoms with Gasteiger partial charge < -0.3 is 10.0 Å². The van der Waals surface area contributed by atoms with Gasteiger partial charge in [0.05, 0.1) is 16.7 Å². The zero-order valence-corrected chi connectivity index (χ0v) is 14.9. The van der Waals surface area contributed by atoms with Crippen molar-refractivity contribution in [3.63, 3.8) is 0 Å². The van der Waals surface area contributed by atoms with Gasteiger partial charge in [-0.25, -0.2) is 4.98 Å². The van der Waals surface area contributed by atoms with Gasteiger partial charge in [-0.2, -0.15) is 5.26 Å². The molecule has 5 heteroatoms. The Kier molecular flexibility index (Phi) is 5.91. The van der Waals surface area contributed by atoms with Crippen molar-refractivity contribution in [2.24, 2.45) is 0 Å². The van der Waals surface area contributed by atoms with Crippen LogP contribution in [-0.2, 0) is 0 Å². The maximum absolute atomic E-state index is 10.7. The largest absolute Gasteiger partial charge is 0.388 e. The Hall–Kier alpha value is -2.09. The van der Waals surface area contributed by atoms with Gasteiger partial charge in [0.2, 0.25) is 0 Å². The van der Waals surface area contributed by atoms with E-state index in [0.29, 0.717) is 22.8 Å². The molecule has 0 saturated carbocycles. The van der Waals surface area contributed by atoms with Crippen molar-refractivity contribution >= 4 is 17.4 Å². The third-order valence-electron chi connectivity index (χ3n) is 4.78. The number of halogens is 1.